The smallest absolute Gasteiger partial charge is 0.131 e. The highest BCUT2D eigenvalue weighted by atomic mass is 15.2. The third-order valence-electron chi connectivity index (χ3n) is 2.22. The molecule has 0 aliphatic carbocycles. The van der Waals surface area contributed by atoms with Gasteiger partial charge < -0.3 is 4.90 Å². The van der Waals surface area contributed by atoms with Crippen LogP contribution >= 0.6 is 0 Å². The lowest BCUT2D eigenvalue weighted by molar-refractivity contribution is 0.583. The molecule has 3 heteroatoms. The van der Waals surface area contributed by atoms with Gasteiger partial charge in [-0.2, -0.15) is 0 Å². The van der Waals surface area contributed by atoms with Gasteiger partial charge in [-0.1, -0.05) is 13.8 Å². The number of rotatable bonds is 4. The zero-order chi connectivity index (χ0) is 10.6. The van der Waals surface area contributed by atoms with Crippen LogP contribution in [0.1, 0.15) is 26.0 Å². The Morgan fingerprint density at radius 3 is 2.64 bits per heavy atom. The molecule has 0 unspecified atom stereocenters. The lowest BCUT2D eigenvalue weighted by Gasteiger charge is -2.19. The Bertz CT molecular complexity index is 284. The topological polar surface area (TPSA) is 29.0 Å². The molecule has 0 saturated carbocycles. The molecule has 0 atom stereocenters. The van der Waals surface area contributed by atoms with Gasteiger partial charge in [-0.15, -0.1) is 0 Å². The summed E-state index contributed by atoms with van der Waals surface area (Å²) < 4.78 is 0. The fourth-order valence-electron chi connectivity index (χ4n) is 1.22. The highest BCUT2D eigenvalue weighted by Gasteiger charge is 2.03. The number of hydrogen-bond donors (Lipinski definition) is 0. The molecule has 1 aromatic heterocycles. The monoisotopic (exact) mass is 193 g/mol. The van der Waals surface area contributed by atoms with E-state index >= 15 is 0 Å². The highest BCUT2D eigenvalue weighted by Crippen LogP contribution is 2.10. The molecule has 0 amide bonds. The van der Waals surface area contributed by atoms with E-state index in [1.807, 2.05) is 13.0 Å². The Morgan fingerprint density at radius 2 is 2.07 bits per heavy atom. The average Bonchev–Trinajstić information content (AvgIpc) is 2.14. The molecular weight excluding hydrogens is 174 g/mol. The molecule has 0 aliphatic heterocycles. The van der Waals surface area contributed by atoms with Gasteiger partial charge >= 0.3 is 0 Å². The van der Waals surface area contributed by atoms with Crippen LogP contribution in [0.4, 0.5) is 5.82 Å². The second-order valence-electron chi connectivity index (χ2n) is 4.12. The summed E-state index contributed by atoms with van der Waals surface area (Å²) in [5.41, 5.74) is 1.02. The maximum atomic E-state index is 4.23. The molecular formula is C11H19N3. The van der Waals surface area contributed by atoms with Gasteiger partial charge in [0.1, 0.15) is 12.1 Å². The largest absolute Gasteiger partial charge is 0.360 e. The lowest BCUT2D eigenvalue weighted by Crippen LogP contribution is -2.21. The lowest BCUT2D eigenvalue weighted by atomic mass is 10.1. The molecule has 1 rings (SSSR count). The molecule has 0 radical (unpaired) electrons. The minimum atomic E-state index is 0.736. The van der Waals surface area contributed by atoms with Gasteiger partial charge in [0.2, 0.25) is 0 Å². The molecule has 14 heavy (non-hydrogen) atoms. The summed E-state index contributed by atoms with van der Waals surface area (Å²) in [4.78, 5) is 10.5. The quantitative estimate of drug-likeness (QED) is 0.734. The van der Waals surface area contributed by atoms with Crippen molar-refractivity contribution in [1.82, 2.24) is 9.97 Å². The van der Waals surface area contributed by atoms with Gasteiger partial charge in [0.15, 0.2) is 0 Å². The highest BCUT2D eigenvalue weighted by molar-refractivity contribution is 5.37. The molecule has 3 nitrogen and oxygen atoms in total. The van der Waals surface area contributed by atoms with Crippen molar-refractivity contribution < 1.29 is 0 Å². The van der Waals surface area contributed by atoms with Crippen LogP contribution < -0.4 is 4.90 Å². The number of nitrogens with zero attached hydrogens (tertiary/aromatic N) is 3. The first-order valence-electron chi connectivity index (χ1n) is 5.09. The third-order valence-corrected chi connectivity index (χ3v) is 2.22. The predicted molar refractivity (Wildman–Crippen MR) is 59.5 cm³/mol. The molecule has 1 heterocycles. The van der Waals surface area contributed by atoms with Gasteiger partial charge in [0, 0.05) is 25.4 Å². The maximum Gasteiger partial charge on any atom is 0.131 e. The zero-order valence-corrected chi connectivity index (χ0v) is 9.49. The van der Waals surface area contributed by atoms with Crippen molar-refractivity contribution in [3.05, 3.63) is 18.1 Å². The minimum Gasteiger partial charge on any atom is -0.360 e. The van der Waals surface area contributed by atoms with Crippen molar-refractivity contribution in [2.24, 2.45) is 5.92 Å². The van der Waals surface area contributed by atoms with E-state index in [0.29, 0.717) is 0 Å². The molecule has 0 spiro atoms. The Kier molecular flexibility index (Phi) is 3.86. The number of anilines is 1. The van der Waals surface area contributed by atoms with Gasteiger partial charge in [-0.05, 0) is 19.3 Å². The van der Waals surface area contributed by atoms with E-state index in [0.717, 1.165) is 24.0 Å². The SMILES string of the molecule is Cc1cc(N(C)CCC(C)C)ncn1. The van der Waals surface area contributed by atoms with E-state index in [1.165, 1.54) is 6.42 Å². The first-order chi connectivity index (χ1) is 6.59. The summed E-state index contributed by atoms with van der Waals surface area (Å²) >= 11 is 0. The standard InChI is InChI=1S/C11H19N3/c1-9(2)5-6-14(4)11-7-10(3)12-8-13-11/h7-9H,5-6H2,1-4H3. The van der Waals surface area contributed by atoms with E-state index in [4.69, 9.17) is 0 Å². The van der Waals surface area contributed by atoms with E-state index in [-0.39, 0.29) is 0 Å². The summed E-state index contributed by atoms with van der Waals surface area (Å²) in [5, 5.41) is 0. The van der Waals surface area contributed by atoms with Crippen LogP contribution in [-0.4, -0.2) is 23.6 Å². The van der Waals surface area contributed by atoms with Gasteiger partial charge in [0.05, 0.1) is 0 Å². The Balaban J connectivity index is 2.56. The summed E-state index contributed by atoms with van der Waals surface area (Å²) in [6.07, 6.45) is 2.82. The third kappa shape index (κ3) is 3.32. The van der Waals surface area contributed by atoms with Crippen molar-refractivity contribution >= 4 is 5.82 Å². The van der Waals surface area contributed by atoms with Crippen molar-refractivity contribution in [2.75, 3.05) is 18.5 Å². The van der Waals surface area contributed by atoms with E-state index in [1.54, 1.807) is 6.33 Å². The minimum absolute atomic E-state index is 0.736. The number of hydrogen-bond acceptors (Lipinski definition) is 3. The second kappa shape index (κ2) is 4.94. The van der Waals surface area contributed by atoms with E-state index < -0.39 is 0 Å². The molecule has 0 aromatic carbocycles. The first kappa shape index (κ1) is 11.0. The fraction of sp³-hybridized carbons (Fsp3) is 0.636. The van der Waals surface area contributed by atoms with Crippen LogP contribution in [0.15, 0.2) is 12.4 Å². The van der Waals surface area contributed by atoms with E-state index in [9.17, 15) is 0 Å². The van der Waals surface area contributed by atoms with Crippen molar-refractivity contribution in [3.63, 3.8) is 0 Å². The van der Waals surface area contributed by atoms with Crippen LogP contribution in [0.5, 0.6) is 0 Å². The molecule has 78 valence electrons. The Morgan fingerprint density at radius 1 is 1.36 bits per heavy atom. The molecule has 0 fully saturated rings. The van der Waals surface area contributed by atoms with Crippen LogP contribution in [0.25, 0.3) is 0 Å². The van der Waals surface area contributed by atoms with E-state index in [2.05, 4.69) is 35.8 Å². The number of aromatic nitrogens is 2. The summed E-state index contributed by atoms with van der Waals surface area (Å²) in [6.45, 7) is 7.51. The molecule has 0 bridgehead atoms. The van der Waals surface area contributed by atoms with Crippen LogP contribution in [0.3, 0.4) is 0 Å². The van der Waals surface area contributed by atoms with Crippen LogP contribution in [-0.2, 0) is 0 Å². The van der Waals surface area contributed by atoms with Gasteiger partial charge in [0.25, 0.3) is 0 Å². The van der Waals surface area contributed by atoms with Crippen molar-refractivity contribution in [3.8, 4) is 0 Å². The van der Waals surface area contributed by atoms with Crippen molar-refractivity contribution in [2.45, 2.75) is 27.2 Å². The maximum absolute atomic E-state index is 4.23. The van der Waals surface area contributed by atoms with Gasteiger partial charge in [-0.3, -0.25) is 0 Å². The molecule has 0 aliphatic rings. The molecule has 1 aromatic rings. The Hall–Kier alpha value is -1.12. The molecule has 0 N–H and O–H groups in total. The fourth-order valence-corrected chi connectivity index (χ4v) is 1.22. The van der Waals surface area contributed by atoms with Crippen molar-refractivity contribution in [1.29, 1.82) is 0 Å². The second-order valence-corrected chi connectivity index (χ2v) is 4.12. The zero-order valence-electron chi connectivity index (χ0n) is 9.49. The first-order valence-corrected chi connectivity index (χ1v) is 5.09. The van der Waals surface area contributed by atoms with Gasteiger partial charge in [-0.25, -0.2) is 9.97 Å². The van der Waals surface area contributed by atoms with Crippen LogP contribution in [0, 0.1) is 12.8 Å². The summed E-state index contributed by atoms with van der Waals surface area (Å²) in [5.74, 6) is 1.75. The normalized spacial score (nSPS) is 10.6. The summed E-state index contributed by atoms with van der Waals surface area (Å²) in [6, 6.07) is 2.01. The number of aryl methyl sites for hydroxylation is 1. The van der Waals surface area contributed by atoms with Crippen LogP contribution in [0.2, 0.25) is 0 Å². The molecule has 0 saturated heterocycles. The summed E-state index contributed by atoms with van der Waals surface area (Å²) in [7, 11) is 2.07. The predicted octanol–water partition coefficient (Wildman–Crippen LogP) is 2.27. The Labute approximate surface area is 86.2 Å². The average molecular weight is 193 g/mol.